The van der Waals surface area contributed by atoms with Crippen LogP contribution in [0.2, 0.25) is 0 Å². The molecule has 2 atom stereocenters. The minimum absolute atomic E-state index is 0.262. The molecule has 0 saturated carbocycles. The monoisotopic (exact) mass is 309 g/mol. The summed E-state index contributed by atoms with van der Waals surface area (Å²) < 4.78 is 32.2. The molecule has 0 fully saturated rings. The highest BCUT2D eigenvalue weighted by molar-refractivity contribution is 7.89. The molecular formula is C16H23NO3S. The topological polar surface area (TPSA) is 46.6 Å². The van der Waals surface area contributed by atoms with E-state index in [0.29, 0.717) is 6.42 Å². The van der Waals surface area contributed by atoms with Gasteiger partial charge in [-0.25, -0.2) is 8.42 Å². The van der Waals surface area contributed by atoms with Crippen LogP contribution in [0.4, 0.5) is 0 Å². The van der Waals surface area contributed by atoms with Crippen molar-refractivity contribution < 1.29 is 13.2 Å². The predicted octanol–water partition coefficient (Wildman–Crippen LogP) is 2.84. The summed E-state index contributed by atoms with van der Waals surface area (Å²) in [6, 6.07) is 7.98. The first-order valence-corrected chi connectivity index (χ1v) is 8.12. The van der Waals surface area contributed by atoms with Crippen LogP contribution in [0.5, 0.6) is 0 Å². The van der Waals surface area contributed by atoms with Crippen LogP contribution >= 0.6 is 0 Å². The van der Waals surface area contributed by atoms with Crippen molar-refractivity contribution in [2.45, 2.75) is 30.4 Å². The second-order valence-corrected chi connectivity index (χ2v) is 6.93. The van der Waals surface area contributed by atoms with Gasteiger partial charge in [-0.1, -0.05) is 36.4 Å². The van der Waals surface area contributed by atoms with Gasteiger partial charge in [-0.05, 0) is 25.5 Å². The number of hydrogen-bond acceptors (Lipinski definition) is 3. The number of rotatable bonds is 8. The quantitative estimate of drug-likeness (QED) is 0.694. The maximum Gasteiger partial charge on any atom is 0.243 e. The van der Waals surface area contributed by atoms with E-state index < -0.39 is 10.0 Å². The summed E-state index contributed by atoms with van der Waals surface area (Å²) in [7, 11) is -0.470. The average molecular weight is 309 g/mol. The number of hydrogen-bond donors (Lipinski definition) is 0. The fourth-order valence-electron chi connectivity index (χ4n) is 2.26. The molecule has 0 amide bonds. The van der Waals surface area contributed by atoms with Crippen LogP contribution in [0.3, 0.4) is 0 Å². The Kier molecular flexibility index (Phi) is 6.33. The van der Waals surface area contributed by atoms with Gasteiger partial charge in [0, 0.05) is 14.2 Å². The molecule has 21 heavy (non-hydrogen) atoms. The molecule has 0 saturated heterocycles. The van der Waals surface area contributed by atoms with E-state index in [1.165, 1.54) is 4.31 Å². The zero-order valence-electron chi connectivity index (χ0n) is 12.8. The van der Waals surface area contributed by atoms with Crippen LogP contribution in [0.25, 0.3) is 0 Å². The van der Waals surface area contributed by atoms with E-state index in [9.17, 15) is 8.42 Å². The second kappa shape index (κ2) is 7.54. The number of sulfonamides is 1. The van der Waals surface area contributed by atoms with E-state index in [-0.39, 0.29) is 17.0 Å². The van der Waals surface area contributed by atoms with Crippen molar-refractivity contribution in [2.24, 2.45) is 0 Å². The number of methoxy groups -OCH3 is 1. The predicted molar refractivity (Wildman–Crippen MR) is 85.6 cm³/mol. The van der Waals surface area contributed by atoms with Crippen molar-refractivity contribution in [2.75, 3.05) is 14.2 Å². The fourth-order valence-corrected chi connectivity index (χ4v) is 3.64. The molecule has 0 aromatic heterocycles. The average Bonchev–Trinajstić information content (AvgIpc) is 2.47. The molecule has 0 aliphatic heterocycles. The van der Waals surface area contributed by atoms with Gasteiger partial charge in [0.05, 0.1) is 17.0 Å². The molecule has 0 heterocycles. The molecule has 0 N–H and O–H groups in total. The fraction of sp³-hybridized carbons (Fsp3) is 0.375. The summed E-state index contributed by atoms with van der Waals surface area (Å²) in [4.78, 5) is 0.262. The highest BCUT2D eigenvalue weighted by Gasteiger charge is 2.33. The number of nitrogens with zero attached hydrogens (tertiary/aromatic N) is 1. The Bertz CT molecular complexity index is 581. The number of ether oxygens (including phenoxy) is 1. The molecule has 1 aromatic rings. The molecule has 0 radical (unpaired) electrons. The highest BCUT2D eigenvalue weighted by atomic mass is 32.2. The van der Waals surface area contributed by atoms with Crippen LogP contribution in [0.1, 0.15) is 13.3 Å². The Morgan fingerprint density at radius 1 is 1.38 bits per heavy atom. The third-order valence-electron chi connectivity index (χ3n) is 3.38. The van der Waals surface area contributed by atoms with Gasteiger partial charge >= 0.3 is 0 Å². The first kappa shape index (κ1) is 17.6. The van der Waals surface area contributed by atoms with Gasteiger partial charge in [-0.2, -0.15) is 4.31 Å². The molecule has 0 aliphatic carbocycles. The number of benzene rings is 1. The molecule has 116 valence electrons. The summed E-state index contributed by atoms with van der Waals surface area (Å²) in [5.74, 6) is 0. The lowest BCUT2D eigenvalue weighted by Crippen LogP contribution is -2.45. The van der Waals surface area contributed by atoms with Gasteiger partial charge in [-0.3, -0.25) is 0 Å². The van der Waals surface area contributed by atoms with E-state index in [0.717, 1.165) is 5.57 Å². The molecule has 5 heteroatoms. The first-order chi connectivity index (χ1) is 9.86. The summed E-state index contributed by atoms with van der Waals surface area (Å²) in [6.45, 7) is 9.42. The Morgan fingerprint density at radius 2 is 1.95 bits per heavy atom. The van der Waals surface area contributed by atoms with Gasteiger partial charge in [0.1, 0.15) is 0 Å². The minimum Gasteiger partial charge on any atom is -0.375 e. The molecule has 0 spiro atoms. The van der Waals surface area contributed by atoms with Gasteiger partial charge < -0.3 is 4.74 Å². The lowest BCUT2D eigenvalue weighted by molar-refractivity contribution is 0.0759. The zero-order chi connectivity index (χ0) is 16.0. The molecule has 0 aliphatic rings. The van der Waals surface area contributed by atoms with E-state index in [2.05, 4.69) is 13.2 Å². The van der Waals surface area contributed by atoms with Gasteiger partial charge in [-0.15, -0.1) is 6.58 Å². The van der Waals surface area contributed by atoms with Crippen molar-refractivity contribution in [3.05, 3.63) is 55.1 Å². The maximum atomic E-state index is 12.7. The standard InChI is InChI=1S/C16H23NO3S/c1-6-10-15(16(20-5)13(2)3)17(4)21(18,19)14-11-8-7-9-12-14/h6-9,11-12,15-16H,1-2,10H2,3-5H3/t15-,16+/m1/s1. The molecular weight excluding hydrogens is 286 g/mol. The first-order valence-electron chi connectivity index (χ1n) is 6.68. The van der Waals surface area contributed by atoms with Gasteiger partial charge in [0.15, 0.2) is 0 Å². The van der Waals surface area contributed by atoms with Crippen molar-refractivity contribution in [1.29, 1.82) is 0 Å². The summed E-state index contributed by atoms with van der Waals surface area (Å²) >= 11 is 0. The normalized spacial score (nSPS) is 14.7. The Hall–Kier alpha value is -1.43. The van der Waals surface area contributed by atoms with Crippen LogP contribution in [0.15, 0.2) is 60.0 Å². The number of likely N-dealkylation sites (N-methyl/N-ethyl adjacent to an activating group) is 1. The SMILES string of the molecule is C=CC[C@H]([C@@H](OC)C(=C)C)N(C)S(=O)(=O)c1ccccc1. The highest BCUT2D eigenvalue weighted by Crippen LogP contribution is 2.23. The summed E-state index contributed by atoms with van der Waals surface area (Å²) in [6.07, 6.45) is 1.79. The van der Waals surface area contributed by atoms with Crippen LogP contribution in [-0.4, -0.2) is 39.0 Å². The lowest BCUT2D eigenvalue weighted by atomic mass is 10.0. The van der Waals surface area contributed by atoms with Crippen LogP contribution < -0.4 is 0 Å². The maximum absolute atomic E-state index is 12.7. The molecule has 0 unspecified atom stereocenters. The zero-order valence-corrected chi connectivity index (χ0v) is 13.6. The molecule has 1 aromatic carbocycles. The summed E-state index contributed by atoms with van der Waals surface area (Å²) in [5.41, 5.74) is 0.777. The lowest BCUT2D eigenvalue weighted by Gasteiger charge is -2.33. The van der Waals surface area contributed by atoms with E-state index in [1.54, 1.807) is 50.6 Å². The Balaban J connectivity index is 3.19. The molecule has 0 bridgehead atoms. The van der Waals surface area contributed by atoms with Crippen LogP contribution in [0, 0.1) is 0 Å². The van der Waals surface area contributed by atoms with Crippen molar-refractivity contribution >= 4 is 10.0 Å². The van der Waals surface area contributed by atoms with Gasteiger partial charge in [0.2, 0.25) is 10.0 Å². The molecule has 4 nitrogen and oxygen atoms in total. The Labute approximate surface area is 127 Å². The van der Waals surface area contributed by atoms with Crippen molar-refractivity contribution in [3.8, 4) is 0 Å². The molecule has 1 rings (SSSR count). The smallest absolute Gasteiger partial charge is 0.243 e. The minimum atomic E-state index is -3.58. The van der Waals surface area contributed by atoms with E-state index in [1.807, 2.05) is 6.92 Å². The van der Waals surface area contributed by atoms with E-state index in [4.69, 9.17) is 4.74 Å². The second-order valence-electron chi connectivity index (χ2n) is 4.93. The third kappa shape index (κ3) is 4.03. The van der Waals surface area contributed by atoms with Crippen molar-refractivity contribution in [3.63, 3.8) is 0 Å². The third-order valence-corrected chi connectivity index (χ3v) is 5.28. The summed E-state index contributed by atoms with van der Waals surface area (Å²) in [5, 5.41) is 0. The van der Waals surface area contributed by atoms with Gasteiger partial charge in [0.25, 0.3) is 0 Å². The van der Waals surface area contributed by atoms with Crippen LogP contribution in [-0.2, 0) is 14.8 Å². The largest absolute Gasteiger partial charge is 0.375 e. The van der Waals surface area contributed by atoms with E-state index >= 15 is 0 Å². The van der Waals surface area contributed by atoms with Crippen molar-refractivity contribution in [1.82, 2.24) is 4.31 Å². The Morgan fingerprint density at radius 3 is 2.38 bits per heavy atom.